The van der Waals surface area contributed by atoms with Crippen LogP contribution in [0.2, 0.25) is 0 Å². The van der Waals surface area contributed by atoms with Crippen LogP contribution in [0.5, 0.6) is 0 Å². The van der Waals surface area contributed by atoms with Crippen LogP contribution in [0, 0.1) is 0 Å². The van der Waals surface area contributed by atoms with Gasteiger partial charge in [-0.25, -0.2) is 8.78 Å². The van der Waals surface area contributed by atoms with Crippen molar-refractivity contribution in [3.8, 4) is 0 Å². The number of hydrogen-bond acceptors (Lipinski definition) is 0. The Morgan fingerprint density at radius 2 is 1.57 bits per heavy atom. The number of halogens is 5. The average molecular weight is 328 g/mol. The molecule has 124 valence electrons. The van der Waals surface area contributed by atoms with Crippen LogP contribution >= 0.6 is 0 Å². The molecule has 5 heteroatoms. The highest BCUT2D eigenvalue weighted by atomic mass is 19.4. The van der Waals surface area contributed by atoms with Crippen molar-refractivity contribution >= 4 is 5.57 Å². The maximum absolute atomic E-state index is 13.8. The lowest BCUT2D eigenvalue weighted by molar-refractivity contribution is -0.102. The smallest absolute Gasteiger partial charge is 0.242 e. The molecule has 1 aromatic carbocycles. The van der Waals surface area contributed by atoms with Crippen LogP contribution in [0.3, 0.4) is 0 Å². The first-order chi connectivity index (χ1) is 10.9. The molecule has 0 heterocycles. The molecule has 3 rings (SSSR count). The molecule has 0 amide bonds. The van der Waals surface area contributed by atoms with E-state index in [4.69, 9.17) is 0 Å². The van der Waals surface area contributed by atoms with Crippen molar-refractivity contribution in [2.75, 3.05) is 0 Å². The summed E-state index contributed by atoms with van der Waals surface area (Å²) in [7, 11) is 0. The third kappa shape index (κ3) is 3.33. The molecule has 0 N–H and O–H groups in total. The van der Waals surface area contributed by atoms with Gasteiger partial charge >= 0.3 is 6.18 Å². The standard InChI is InChI=1S/C18H17F5/c19-15-9-14(10-16(20)17(15)18(21,22)23)13-7-5-12(6-8-13)11-3-1-2-4-11/h5-9,11,16H,1-4,10H2. The predicted molar refractivity (Wildman–Crippen MR) is 79.3 cm³/mol. The summed E-state index contributed by atoms with van der Waals surface area (Å²) in [6, 6.07) is 7.33. The molecule has 1 fully saturated rings. The highest BCUT2D eigenvalue weighted by Gasteiger charge is 2.43. The fourth-order valence-electron chi connectivity index (χ4n) is 3.48. The lowest BCUT2D eigenvalue weighted by Crippen LogP contribution is -2.24. The van der Waals surface area contributed by atoms with Gasteiger partial charge in [-0.2, -0.15) is 13.2 Å². The van der Waals surface area contributed by atoms with E-state index >= 15 is 0 Å². The summed E-state index contributed by atoms with van der Waals surface area (Å²) in [5, 5.41) is 0. The topological polar surface area (TPSA) is 0 Å². The minimum absolute atomic E-state index is 0.265. The first-order valence-corrected chi connectivity index (χ1v) is 7.78. The summed E-state index contributed by atoms with van der Waals surface area (Å²) in [6.07, 6.45) is -2.28. The van der Waals surface area contributed by atoms with E-state index in [1.54, 1.807) is 12.1 Å². The van der Waals surface area contributed by atoms with Gasteiger partial charge in [0.15, 0.2) is 0 Å². The van der Waals surface area contributed by atoms with Gasteiger partial charge in [-0.1, -0.05) is 37.1 Å². The van der Waals surface area contributed by atoms with Gasteiger partial charge in [-0.15, -0.1) is 0 Å². The zero-order chi connectivity index (χ0) is 16.6. The van der Waals surface area contributed by atoms with Gasteiger partial charge in [0.25, 0.3) is 0 Å². The highest BCUT2D eigenvalue weighted by Crippen LogP contribution is 2.41. The molecular formula is C18H17F5. The third-order valence-electron chi connectivity index (χ3n) is 4.68. The van der Waals surface area contributed by atoms with Gasteiger partial charge in [0.1, 0.15) is 17.6 Å². The molecular weight excluding hydrogens is 311 g/mol. The lowest BCUT2D eigenvalue weighted by Gasteiger charge is -2.22. The molecule has 0 radical (unpaired) electrons. The van der Waals surface area contributed by atoms with Crippen LogP contribution < -0.4 is 0 Å². The Labute approximate surface area is 131 Å². The van der Waals surface area contributed by atoms with E-state index in [1.807, 2.05) is 12.1 Å². The number of allylic oxidation sites excluding steroid dienone is 4. The van der Waals surface area contributed by atoms with E-state index in [2.05, 4.69) is 0 Å². The SMILES string of the molecule is FC1=C(C(F)(F)F)C(F)CC(c2ccc(C3CCCC3)cc2)=C1. The minimum Gasteiger partial charge on any atom is -0.242 e. The zero-order valence-electron chi connectivity index (χ0n) is 12.5. The quantitative estimate of drug-likeness (QED) is 0.562. The van der Waals surface area contributed by atoms with Crippen LogP contribution in [0.1, 0.15) is 49.1 Å². The Balaban J connectivity index is 1.86. The predicted octanol–water partition coefficient (Wildman–Crippen LogP) is 6.26. The maximum Gasteiger partial charge on any atom is 0.418 e. The Kier molecular flexibility index (Phi) is 4.30. The molecule has 2 aliphatic carbocycles. The van der Waals surface area contributed by atoms with Gasteiger partial charge in [0.2, 0.25) is 0 Å². The molecule has 0 spiro atoms. The molecule has 0 bridgehead atoms. The second-order valence-electron chi connectivity index (χ2n) is 6.20. The molecule has 23 heavy (non-hydrogen) atoms. The van der Waals surface area contributed by atoms with Gasteiger partial charge in [0, 0.05) is 6.42 Å². The molecule has 1 atom stereocenters. The molecule has 0 saturated heterocycles. The fraction of sp³-hybridized carbons (Fsp3) is 0.444. The van der Waals surface area contributed by atoms with Crippen molar-refractivity contribution in [1.82, 2.24) is 0 Å². The second kappa shape index (κ2) is 6.10. The molecule has 0 nitrogen and oxygen atoms in total. The molecule has 2 aliphatic rings. The summed E-state index contributed by atoms with van der Waals surface area (Å²) in [5.74, 6) is -1.00. The summed E-state index contributed by atoms with van der Waals surface area (Å²) < 4.78 is 65.4. The Bertz CT molecular complexity index is 630. The highest BCUT2D eigenvalue weighted by molar-refractivity contribution is 5.71. The van der Waals surface area contributed by atoms with Crippen molar-refractivity contribution in [2.45, 2.75) is 50.4 Å². The summed E-state index contributed by atoms with van der Waals surface area (Å²) in [6.45, 7) is 0. The normalized spacial score (nSPS) is 23.3. The van der Waals surface area contributed by atoms with Crippen LogP contribution in [-0.2, 0) is 0 Å². The Morgan fingerprint density at radius 3 is 2.09 bits per heavy atom. The van der Waals surface area contributed by atoms with Gasteiger partial charge in [0.05, 0.1) is 0 Å². The summed E-state index contributed by atoms with van der Waals surface area (Å²) >= 11 is 0. The van der Waals surface area contributed by atoms with Gasteiger partial charge in [-0.05, 0) is 41.5 Å². The first kappa shape index (κ1) is 16.2. The van der Waals surface area contributed by atoms with E-state index in [-0.39, 0.29) is 5.57 Å². The molecule has 0 aromatic heterocycles. The van der Waals surface area contributed by atoms with E-state index in [0.717, 1.165) is 18.9 Å². The number of alkyl halides is 4. The van der Waals surface area contributed by atoms with Crippen molar-refractivity contribution in [1.29, 1.82) is 0 Å². The van der Waals surface area contributed by atoms with E-state index in [9.17, 15) is 22.0 Å². The second-order valence-corrected chi connectivity index (χ2v) is 6.20. The molecule has 1 unspecified atom stereocenters. The van der Waals surface area contributed by atoms with Crippen LogP contribution in [0.4, 0.5) is 22.0 Å². The molecule has 1 aromatic rings. The van der Waals surface area contributed by atoms with Crippen LogP contribution in [0.25, 0.3) is 5.57 Å². The van der Waals surface area contributed by atoms with E-state index in [1.165, 1.54) is 18.4 Å². The number of benzene rings is 1. The molecule has 1 saturated carbocycles. The van der Waals surface area contributed by atoms with Gasteiger partial charge in [-0.3, -0.25) is 0 Å². The van der Waals surface area contributed by atoms with E-state index < -0.39 is 30.2 Å². The lowest BCUT2D eigenvalue weighted by atomic mass is 9.89. The average Bonchev–Trinajstić information content (AvgIpc) is 2.99. The largest absolute Gasteiger partial charge is 0.418 e. The molecule has 0 aliphatic heterocycles. The van der Waals surface area contributed by atoms with Crippen molar-refractivity contribution in [3.05, 3.63) is 52.9 Å². The maximum atomic E-state index is 13.8. The first-order valence-electron chi connectivity index (χ1n) is 7.78. The minimum atomic E-state index is -4.97. The van der Waals surface area contributed by atoms with Crippen LogP contribution in [-0.4, -0.2) is 12.3 Å². The number of rotatable bonds is 2. The van der Waals surface area contributed by atoms with Crippen molar-refractivity contribution in [2.24, 2.45) is 0 Å². The van der Waals surface area contributed by atoms with Crippen LogP contribution in [0.15, 0.2) is 41.7 Å². The number of hydrogen-bond donors (Lipinski definition) is 0. The zero-order valence-corrected chi connectivity index (χ0v) is 12.5. The summed E-state index contributed by atoms with van der Waals surface area (Å²) in [4.78, 5) is 0. The van der Waals surface area contributed by atoms with Crippen molar-refractivity contribution < 1.29 is 22.0 Å². The third-order valence-corrected chi connectivity index (χ3v) is 4.68. The summed E-state index contributed by atoms with van der Waals surface area (Å²) in [5.41, 5.74) is 0.321. The monoisotopic (exact) mass is 328 g/mol. The Morgan fingerprint density at radius 1 is 0.957 bits per heavy atom. The van der Waals surface area contributed by atoms with E-state index in [0.29, 0.717) is 11.5 Å². The fourth-order valence-corrected chi connectivity index (χ4v) is 3.48. The van der Waals surface area contributed by atoms with Gasteiger partial charge < -0.3 is 0 Å². The Hall–Kier alpha value is -1.65. The van der Waals surface area contributed by atoms with Crippen molar-refractivity contribution in [3.63, 3.8) is 0 Å².